The number of aromatic nitrogens is 4. The molecule has 2 N–H and O–H groups in total. The number of nitrogen functional groups attached to an aromatic ring is 1. The van der Waals surface area contributed by atoms with Gasteiger partial charge in [0.2, 0.25) is 6.79 Å². The van der Waals surface area contributed by atoms with Crippen LogP contribution in [-0.4, -0.2) is 50.5 Å². The molecule has 2 atom stereocenters. The zero-order valence-corrected chi connectivity index (χ0v) is 25.9. The molecule has 9 nitrogen and oxygen atoms in total. The molecule has 2 aromatic heterocycles. The number of ether oxygens (including phenoxy) is 1. The van der Waals surface area contributed by atoms with Crippen LogP contribution in [0, 0.1) is 0 Å². The van der Waals surface area contributed by atoms with Gasteiger partial charge >= 0.3 is 8.25 Å². The second kappa shape index (κ2) is 22.4. The first-order valence-corrected chi connectivity index (χ1v) is 17.2. The van der Waals surface area contributed by atoms with Gasteiger partial charge in [-0.3, -0.25) is 0 Å². The van der Waals surface area contributed by atoms with Crippen LogP contribution in [0.1, 0.15) is 110 Å². The minimum atomic E-state index is -2.18. The highest BCUT2D eigenvalue weighted by Crippen LogP contribution is 2.24. The maximum absolute atomic E-state index is 11.9. The largest absolute Gasteiger partial charge is 0.699 e. The summed E-state index contributed by atoms with van der Waals surface area (Å²) in [6, 6.07) is 0. The predicted molar refractivity (Wildman–Crippen MR) is 162 cm³/mol. The Balaban J connectivity index is 1.32. The SMILES string of the molecule is CCCCCCCCCCCCCCCCSCCCO[P+](=O)OCO[C@H](C)Cn1cnc2c(N)ncnc21. The Morgan fingerprint density at radius 1 is 0.872 bits per heavy atom. The first kappa shape index (κ1) is 33.9. The minimum absolute atomic E-state index is 0.103. The molecule has 39 heavy (non-hydrogen) atoms. The third-order valence-corrected chi connectivity index (χ3v) is 8.53. The molecule has 0 saturated carbocycles. The number of hydrogen-bond donors (Lipinski definition) is 1. The van der Waals surface area contributed by atoms with Crippen LogP contribution in [0.5, 0.6) is 0 Å². The van der Waals surface area contributed by atoms with Crippen LogP contribution < -0.4 is 5.73 Å². The van der Waals surface area contributed by atoms with E-state index in [1.165, 1.54) is 102 Å². The highest BCUT2D eigenvalue weighted by atomic mass is 32.2. The Morgan fingerprint density at radius 3 is 2.15 bits per heavy atom. The van der Waals surface area contributed by atoms with Crippen molar-refractivity contribution in [3.05, 3.63) is 12.7 Å². The van der Waals surface area contributed by atoms with Crippen LogP contribution in [0.2, 0.25) is 0 Å². The number of nitrogens with two attached hydrogens (primary N) is 1. The average Bonchev–Trinajstić information content (AvgIpc) is 3.33. The van der Waals surface area contributed by atoms with Crippen molar-refractivity contribution >= 4 is 37.0 Å². The molecule has 2 rings (SSSR count). The van der Waals surface area contributed by atoms with Gasteiger partial charge in [0.1, 0.15) is 18.5 Å². The lowest BCUT2D eigenvalue weighted by Gasteiger charge is -2.11. The lowest BCUT2D eigenvalue weighted by molar-refractivity contribution is -0.0367. The second-order valence-corrected chi connectivity index (χ2v) is 12.4. The average molecular weight is 585 g/mol. The van der Waals surface area contributed by atoms with Crippen molar-refractivity contribution in [1.82, 2.24) is 19.5 Å². The molecule has 0 fully saturated rings. The van der Waals surface area contributed by atoms with Gasteiger partial charge in [-0.15, -0.1) is 4.52 Å². The zero-order valence-electron chi connectivity index (χ0n) is 24.2. The molecule has 2 heterocycles. The van der Waals surface area contributed by atoms with E-state index in [0.717, 1.165) is 12.2 Å². The topological polar surface area (TPSA) is 114 Å². The Morgan fingerprint density at radius 2 is 1.49 bits per heavy atom. The van der Waals surface area contributed by atoms with Crippen molar-refractivity contribution in [2.45, 2.75) is 123 Å². The third-order valence-electron chi connectivity index (χ3n) is 6.67. The fourth-order valence-corrected chi connectivity index (χ4v) is 5.82. The minimum Gasteiger partial charge on any atom is -0.382 e. The number of imidazole rings is 1. The molecule has 1 unspecified atom stereocenters. The zero-order chi connectivity index (χ0) is 28.0. The fraction of sp³-hybridized carbons (Fsp3) is 0.821. The number of fused-ring (bicyclic) bond motifs is 1. The second-order valence-electron chi connectivity index (χ2n) is 10.2. The van der Waals surface area contributed by atoms with Crippen LogP contribution >= 0.6 is 20.0 Å². The highest BCUT2D eigenvalue weighted by Gasteiger charge is 2.21. The first-order valence-electron chi connectivity index (χ1n) is 15.0. The van der Waals surface area contributed by atoms with Gasteiger partial charge < -0.3 is 15.0 Å². The molecule has 0 saturated heterocycles. The summed E-state index contributed by atoms with van der Waals surface area (Å²) < 4.78 is 29.8. The lowest BCUT2D eigenvalue weighted by Crippen LogP contribution is -2.17. The third kappa shape index (κ3) is 15.9. The molecule has 11 heteroatoms. The standard InChI is InChI=1S/C28H51N5O4PS/c1-3-4-5-6-7-8-9-10-11-12-13-14-15-16-19-39-20-17-18-36-38(34)37-24-35-25(2)21-33-23-32-26-27(29)30-22-31-28(26)33/h22-23,25H,3-21,24H2,1-2H3,(H2,29,30,31)/q+1/t25-/m1/s1. The van der Waals surface area contributed by atoms with Crippen molar-refractivity contribution in [3.63, 3.8) is 0 Å². The smallest absolute Gasteiger partial charge is 0.382 e. The number of nitrogens with zero attached hydrogens (tertiary/aromatic N) is 4. The van der Waals surface area contributed by atoms with Crippen LogP contribution in [0.15, 0.2) is 12.7 Å². The molecule has 0 amide bonds. The van der Waals surface area contributed by atoms with Crippen molar-refractivity contribution in [3.8, 4) is 0 Å². The number of hydrogen-bond acceptors (Lipinski definition) is 9. The number of anilines is 1. The number of thioether (sulfide) groups is 1. The molecule has 0 aromatic carbocycles. The quantitative estimate of drug-likeness (QED) is 0.0666. The molecule has 0 bridgehead atoms. The molecule has 2 aromatic rings. The molecule has 0 radical (unpaired) electrons. The number of unbranched alkanes of at least 4 members (excludes halogenated alkanes) is 13. The van der Waals surface area contributed by atoms with Crippen LogP contribution in [-0.2, 0) is 24.9 Å². The fourth-order valence-electron chi connectivity index (χ4n) is 4.39. The normalized spacial score (nSPS) is 12.8. The van der Waals surface area contributed by atoms with Gasteiger partial charge in [-0.1, -0.05) is 94.9 Å². The summed E-state index contributed by atoms with van der Waals surface area (Å²) in [6.45, 7) is 5.00. The lowest BCUT2D eigenvalue weighted by atomic mass is 10.0. The van der Waals surface area contributed by atoms with E-state index in [9.17, 15) is 4.57 Å². The summed E-state index contributed by atoms with van der Waals surface area (Å²) >= 11 is 1.95. The Kier molecular flexibility index (Phi) is 19.4. The van der Waals surface area contributed by atoms with E-state index in [0.29, 0.717) is 30.1 Å². The molecule has 0 aliphatic carbocycles. The summed E-state index contributed by atoms with van der Waals surface area (Å²) in [6.07, 6.45) is 23.2. The Labute approximate surface area is 240 Å². The molecule has 0 spiro atoms. The Bertz CT molecular complexity index is 904. The molecular formula is C28H51N5O4PS+. The van der Waals surface area contributed by atoms with Gasteiger partial charge in [0, 0.05) is 4.57 Å². The van der Waals surface area contributed by atoms with Crippen molar-refractivity contribution in [1.29, 1.82) is 0 Å². The summed E-state index contributed by atoms with van der Waals surface area (Å²) in [7, 11) is -2.18. The van der Waals surface area contributed by atoms with Crippen molar-refractivity contribution in [2.75, 3.05) is 30.6 Å². The molecular weight excluding hydrogens is 533 g/mol. The van der Waals surface area contributed by atoms with Crippen molar-refractivity contribution < 1.29 is 18.3 Å². The van der Waals surface area contributed by atoms with E-state index in [1.54, 1.807) is 6.33 Å². The van der Waals surface area contributed by atoms with Gasteiger partial charge in [-0.25, -0.2) is 15.0 Å². The van der Waals surface area contributed by atoms with Gasteiger partial charge in [-0.05, 0) is 31.3 Å². The predicted octanol–water partition coefficient (Wildman–Crippen LogP) is 8.07. The monoisotopic (exact) mass is 584 g/mol. The summed E-state index contributed by atoms with van der Waals surface area (Å²) in [5, 5.41) is 0. The van der Waals surface area contributed by atoms with Gasteiger partial charge in [-0.2, -0.15) is 11.8 Å². The van der Waals surface area contributed by atoms with Gasteiger partial charge in [0.15, 0.2) is 11.5 Å². The number of rotatable bonds is 26. The molecule has 0 aliphatic rings. The molecule has 222 valence electrons. The van der Waals surface area contributed by atoms with E-state index in [4.69, 9.17) is 19.5 Å². The highest BCUT2D eigenvalue weighted by molar-refractivity contribution is 7.99. The van der Waals surface area contributed by atoms with Gasteiger partial charge in [0.05, 0.1) is 19.0 Å². The maximum Gasteiger partial charge on any atom is 0.699 e. The van der Waals surface area contributed by atoms with E-state index in [2.05, 4.69) is 21.9 Å². The van der Waals surface area contributed by atoms with Gasteiger partial charge in [0.25, 0.3) is 0 Å². The summed E-state index contributed by atoms with van der Waals surface area (Å²) in [5.74, 6) is 2.55. The van der Waals surface area contributed by atoms with E-state index in [-0.39, 0.29) is 12.9 Å². The van der Waals surface area contributed by atoms with E-state index >= 15 is 0 Å². The van der Waals surface area contributed by atoms with E-state index < -0.39 is 8.25 Å². The summed E-state index contributed by atoms with van der Waals surface area (Å²) in [4.78, 5) is 12.4. The first-order chi connectivity index (χ1) is 19.1. The molecule has 0 aliphatic heterocycles. The van der Waals surface area contributed by atoms with Crippen molar-refractivity contribution in [2.24, 2.45) is 0 Å². The summed E-state index contributed by atoms with van der Waals surface area (Å²) in [5.41, 5.74) is 7.03. The van der Waals surface area contributed by atoms with Crippen LogP contribution in [0.25, 0.3) is 11.2 Å². The Hall–Kier alpha value is -1.32. The van der Waals surface area contributed by atoms with Crippen LogP contribution in [0.3, 0.4) is 0 Å². The maximum atomic E-state index is 11.9. The van der Waals surface area contributed by atoms with E-state index in [1.807, 2.05) is 23.3 Å². The van der Waals surface area contributed by atoms with Crippen LogP contribution in [0.4, 0.5) is 5.82 Å².